The highest BCUT2D eigenvalue weighted by molar-refractivity contribution is 5.91. The Balaban J connectivity index is 1.44. The maximum Gasteiger partial charge on any atom is 0.343 e. The van der Waals surface area contributed by atoms with Gasteiger partial charge < -0.3 is 28.4 Å². The van der Waals surface area contributed by atoms with Crippen molar-refractivity contribution < 1.29 is 33.2 Å². The molecule has 3 heterocycles. The van der Waals surface area contributed by atoms with Gasteiger partial charge in [0, 0.05) is 5.39 Å². The summed E-state index contributed by atoms with van der Waals surface area (Å²) < 4.78 is 35.6. The van der Waals surface area contributed by atoms with E-state index in [9.17, 15) is 4.79 Å². The van der Waals surface area contributed by atoms with Gasteiger partial charge in [0.25, 0.3) is 0 Å². The van der Waals surface area contributed by atoms with Crippen molar-refractivity contribution in [1.82, 2.24) is 0 Å². The van der Waals surface area contributed by atoms with E-state index >= 15 is 0 Å². The van der Waals surface area contributed by atoms with Gasteiger partial charge in [0.15, 0.2) is 24.0 Å². The Morgan fingerprint density at radius 1 is 0.828 bits per heavy atom. The second-order valence-corrected chi connectivity index (χ2v) is 8.49. The Morgan fingerprint density at radius 3 is 2.31 bits per heavy atom. The van der Waals surface area contributed by atoms with Crippen LogP contribution in [0.2, 0.25) is 0 Å². The molecule has 3 fully saturated rings. The number of fused-ring (bicyclic) bond motifs is 4. The van der Waals surface area contributed by atoms with Crippen LogP contribution in [0.1, 0.15) is 27.7 Å². The van der Waals surface area contributed by atoms with Gasteiger partial charge in [-0.1, -0.05) is 36.4 Å². The lowest BCUT2D eigenvalue weighted by Crippen LogP contribution is -2.58. The first-order valence-electron chi connectivity index (χ1n) is 9.79. The number of carbonyl (C=O) groups excluding carboxylic acids is 1. The lowest BCUT2D eigenvalue weighted by Gasteiger charge is -2.35. The lowest BCUT2D eigenvalue weighted by atomic mass is 9.99. The predicted molar refractivity (Wildman–Crippen MR) is 102 cm³/mol. The summed E-state index contributed by atoms with van der Waals surface area (Å²) in [5, 5.41) is 1.83. The average Bonchev–Trinajstić information content (AvgIpc) is 3.15. The number of carbonyl (C=O) groups is 1. The fourth-order valence-electron chi connectivity index (χ4n) is 4.25. The predicted octanol–water partition coefficient (Wildman–Crippen LogP) is 3.14. The van der Waals surface area contributed by atoms with Crippen LogP contribution in [-0.4, -0.2) is 48.2 Å². The highest BCUT2D eigenvalue weighted by Crippen LogP contribution is 2.44. The fourth-order valence-corrected chi connectivity index (χ4v) is 4.25. The molecule has 0 spiro atoms. The lowest BCUT2D eigenvalue weighted by molar-refractivity contribution is -0.236. The third-order valence-electron chi connectivity index (χ3n) is 5.35. The number of benzene rings is 2. The van der Waals surface area contributed by atoms with E-state index in [1.54, 1.807) is 33.8 Å². The van der Waals surface area contributed by atoms with Gasteiger partial charge in [0.2, 0.25) is 0 Å². The summed E-state index contributed by atoms with van der Waals surface area (Å²) in [4.78, 5) is 13.1. The van der Waals surface area contributed by atoms with Gasteiger partial charge in [0.1, 0.15) is 24.1 Å². The summed E-state index contributed by atoms with van der Waals surface area (Å²) in [6.45, 7) is 7.20. The van der Waals surface area contributed by atoms with Crippen LogP contribution >= 0.6 is 0 Å². The zero-order chi connectivity index (χ0) is 20.4. The molecule has 5 atom stereocenters. The summed E-state index contributed by atoms with van der Waals surface area (Å²) in [6.07, 6.45) is -3.39. The summed E-state index contributed by atoms with van der Waals surface area (Å²) in [5.41, 5.74) is 0. The molecule has 5 rings (SSSR count). The number of hydrogen-bond acceptors (Lipinski definition) is 7. The van der Waals surface area contributed by atoms with E-state index in [2.05, 4.69) is 0 Å². The normalized spacial score (nSPS) is 34.6. The van der Waals surface area contributed by atoms with E-state index in [0.29, 0.717) is 5.75 Å². The number of ether oxygens (including phenoxy) is 6. The van der Waals surface area contributed by atoms with Crippen LogP contribution in [-0.2, 0) is 28.5 Å². The fraction of sp³-hybridized carbons (Fsp3) is 0.500. The number of hydrogen-bond donors (Lipinski definition) is 0. The first-order chi connectivity index (χ1) is 13.7. The van der Waals surface area contributed by atoms with Crippen LogP contribution in [0.15, 0.2) is 42.5 Å². The minimum absolute atomic E-state index is 0.470. The van der Waals surface area contributed by atoms with Crippen LogP contribution in [0.25, 0.3) is 10.8 Å². The second-order valence-electron chi connectivity index (χ2n) is 8.49. The molecule has 7 heteroatoms. The van der Waals surface area contributed by atoms with Gasteiger partial charge in [-0.2, -0.15) is 0 Å². The van der Waals surface area contributed by atoms with Crippen molar-refractivity contribution in [1.29, 1.82) is 0 Å². The van der Waals surface area contributed by atoms with Crippen molar-refractivity contribution in [2.45, 2.75) is 70.0 Å². The maximum atomic E-state index is 13.1. The highest BCUT2D eigenvalue weighted by Gasteiger charge is 2.62. The molecule has 3 saturated heterocycles. The molecule has 29 heavy (non-hydrogen) atoms. The molecular formula is C22H24O7. The van der Waals surface area contributed by atoms with E-state index in [1.807, 2.05) is 36.4 Å². The van der Waals surface area contributed by atoms with Crippen LogP contribution in [0.3, 0.4) is 0 Å². The molecule has 3 aliphatic heterocycles. The number of rotatable bonds is 2. The molecule has 0 unspecified atom stereocenters. The maximum absolute atomic E-state index is 13.1. The molecule has 0 saturated carbocycles. The monoisotopic (exact) mass is 400 g/mol. The molecule has 154 valence electrons. The van der Waals surface area contributed by atoms with E-state index in [1.165, 1.54) is 0 Å². The van der Waals surface area contributed by atoms with Gasteiger partial charge in [-0.15, -0.1) is 0 Å². The van der Waals surface area contributed by atoms with Gasteiger partial charge >= 0.3 is 5.97 Å². The standard InChI is InChI=1S/C22H24O7/c1-21(2)26-15-16(27-21)18-20(29-22(3,4)28-18)25-17(15)19(23)24-14-11-7-9-12-8-5-6-10-13(12)14/h5-11,15-18,20H,1-4H3/t15-,16+,17+,18+,20-/m0/s1. The van der Waals surface area contributed by atoms with Crippen molar-refractivity contribution in [3.63, 3.8) is 0 Å². The summed E-state index contributed by atoms with van der Waals surface area (Å²) >= 11 is 0. The molecule has 0 aliphatic carbocycles. The van der Waals surface area contributed by atoms with Crippen LogP contribution in [0.4, 0.5) is 0 Å². The smallest absolute Gasteiger partial charge is 0.343 e. The van der Waals surface area contributed by atoms with Crippen LogP contribution in [0.5, 0.6) is 5.75 Å². The van der Waals surface area contributed by atoms with E-state index < -0.39 is 48.2 Å². The summed E-state index contributed by atoms with van der Waals surface area (Å²) in [6, 6.07) is 13.3. The molecule has 7 nitrogen and oxygen atoms in total. The Bertz CT molecular complexity index is 948. The molecule has 0 radical (unpaired) electrons. The Labute approximate surface area is 168 Å². The van der Waals surface area contributed by atoms with Crippen molar-refractivity contribution >= 4 is 16.7 Å². The molecule has 2 aromatic carbocycles. The molecule has 0 amide bonds. The Hall–Kier alpha value is -2.03. The summed E-state index contributed by atoms with van der Waals surface area (Å²) in [7, 11) is 0. The van der Waals surface area contributed by atoms with Crippen LogP contribution in [0, 0.1) is 0 Å². The van der Waals surface area contributed by atoms with E-state index in [0.717, 1.165) is 10.8 Å². The average molecular weight is 400 g/mol. The topological polar surface area (TPSA) is 72.5 Å². The molecule has 2 aromatic rings. The first kappa shape index (κ1) is 19.0. The Kier molecular flexibility index (Phi) is 4.24. The molecular weight excluding hydrogens is 376 g/mol. The first-order valence-corrected chi connectivity index (χ1v) is 9.79. The zero-order valence-electron chi connectivity index (χ0n) is 16.8. The zero-order valence-corrected chi connectivity index (χ0v) is 16.8. The van der Waals surface area contributed by atoms with Gasteiger partial charge in [0.05, 0.1) is 0 Å². The summed E-state index contributed by atoms with van der Waals surface area (Å²) in [5.74, 6) is -1.80. The van der Waals surface area contributed by atoms with Crippen LogP contribution < -0.4 is 4.74 Å². The molecule has 0 bridgehead atoms. The minimum Gasteiger partial charge on any atom is -0.424 e. The van der Waals surface area contributed by atoms with Crippen molar-refractivity contribution in [2.75, 3.05) is 0 Å². The Morgan fingerprint density at radius 2 is 1.48 bits per heavy atom. The van der Waals surface area contributed by atoms with Gasteiger partial charge in [-0.25, -0.2) is 4.79 Å². The van der Waals surface area contributed by atoms with Gasteiger partial charge in [-0.3, -0.25) is 0 Å². The molecule has 0 N–H and O–H groups in total. The highest BCUT2D eigenvalue weighted by atomic mass is 16.9. The van der Waals surface area contributed by atoms with Crippen molar-refractivity contribution in [3.05, 3.63) is 42.5 Å². The quantitative estimate of drug-likeness (QED) is 0.566. The third kappa shape index (κ3) is 3.33. The SMILES string of the molecule is CC1(C)O[C@@H]2O[C@@H](C(=O)Oc3cccc4ccccc34)[C@H]3OC(C)(C)O[C@H]3[C@H]2O1. The number of esters is 1. The van der Waals surface area contributed by atoms with E-state index in [-0.39, 0.29) is 0 Å². The minimum atomic E-state index is -1.00. The second kappa shape index (κ2) is 6.48. The third-order valence-corrected chi connectivity index (χ3v) is 5.35. The van der Waals surface area contributed by atoms with Crippen molar-refractivity contribution in [2.24, 2.45) is 0 Å². The molecule has 3 aliphatic rings. The van der Waals surface area contributed by atoms with E-state index in [4.69, 9.17) is 28.4 Å². The molecule has 0 aromatic heterocycles. The largest absolute Gasteiger partial charge is 0.424 e. The van der Waals surface area contributed by atoms with Crippen molar-refractivity contribution in [3.8, 4) is 5.75 Å². The van der Waals surface area contributed by atoms with Gasteiger partial charge in [-0.05, 0) is 39.1 Å².